The molecular weight excluding hydrogens is 470 g/mol. The molecule has 0 aliphatic carbocycles. The Labute approximate surface area is 216 Å². The average molecular weight is 504 g/mol. The van der Waals surface area contributed by atoms with Crippen LogP contribution in [0.1, 0.15) is 25.1 Å². The summed E-state index contributed by atoms with van der Waals surface area (Å²) in [5, 5.41) is 5.56. The predicted molar refractivity (Wildman–Crippen MR) is 144 cm³/mol. The quantitative estimate of drug-likeness (QED) is 0.552. The Bertz CT molecular complexity index is 1340. The van der Waals surface area contributed by atoms with Gasteiger partial charge >= 0.3 is 6.03 Å². The third-order valence-electron chi connectivity index (χ3n) is 6.87. The van der Waals surface area contributed by atoms with Crippen molar-refractivity contribution in [3.05, 3.63) is 64.2 Å². The van der Waals surface area contributed by atoms with Gasteiger partial charge in [0.1, 0.15) is 5.82 Å². The number of carbonyl (C=O) groups is 1. The minimum Gasteiger partial charge on any atom is -0.377 e. The molecule has 2 aliphatic heterocycles. The van der Waals surface area contributed by atoms with Gasteiger partial charge in [-0.3, -0.25) is 4.79 Å². The second kappa shape index (κ2) is 10.6. The van der Waals surface area contributed by atoms with E-state index in [1.54, 1.807) is 23.9 Å². The molecule has 1 saturated heterocycles. The zero-order valence-corrected chi connectivity index (χ0v) is 21.5. The van der Waals surface area contributed by atoms with Crippen LogP contribution in [0.3, 0.4) is 0 Å². The van der Waals surface area contributed by atoms with Gasteiger partial charge in [0.15, 0.2) is 5.82 Å². The molecule has 0 saturated carbocycles. The lowest BCUT2D eigenvalue weighted by molar-refractivity contribution is 0.0984. The first-order valence-electron chi connectivity index (χ1n) is 12.7. The number of pyridine rings is 1. The van der Waals surface area contributed by atoms with E-state index in [1.165, 1.54) is 0 Å². The summed E-state index contributed by atoms with van der Waals surface area (Å²) < 4.78 is 7.26. The summed E-state index contributed by atoms with van der Waals surface area (Å²) in [6.45, 7) is 8.08. The minimum absolute atomic E-state index is 0.0316. The molecule has 3 aromatic rings. The highest BCUT2D eigenvalue weighted by Gasteiger charge is 2.29. The number of rotatable bonds is 5. The van der Waals surface area contributed by atoms with Crippen molar-refractivity contribution in [2.24, 2.45) is 7.05 Å². The highest BCUT2D eigenvalue weighted by Crippen LogP contribution is 2.33. The number of hydrogen-bond acceptors (Lipinski definition) is 7. The lowest BCUT2D eigenvalue weighted by atomic mass is 10.0. The molecule has 5 rings (SSSR count). The molecule has 0 bridgehead atoms. The molecule has 1 fully saturated rings. The average Bonchev–Trinajstić information content (AvgIpc) is 2.90. The highest BCUT2D eigenvalue weighted by molar-refractivity contribution is 5.89. The van der Waals surface area contributed by atoms with Crippen LogP contribution in [0.4, 0.5) is 22.0 Å². The van der Waals surface area contributed by atoms with E-state index < -0.39 is 0 Å². The second-order valence-electron chi connectivity index (χ2n) is 9.48. The topological polar surface area (TPSA) is 105 Å². The number of carbonyl (C=O) groups excluding carboxylic acids is 1. The summed E-state index contributed by atoms with van der Waals surface area (Å²) in [6, 6.07) is 11.2. The fraction of sp³-hybridized carbons (Fsp3) is 0.407. The van der Waals surface area contributed by atoms with E-state index in [2.05, 4.69) is 27.4 Å². The van der Waals surface area contributed by atoms with Gasteiger partial charge in [0.05, 0.1) is 31.5 Å². The smallest absolute Gasteiger partial charge is 0.319 e. The molecule has 2 aliphatic rings. The molecule has 2 N–H and O–H groups in total. The van der Waals surface area contributed by atoms with E-state index in [0.29, 0.717) is 37.8 Å². The zero-order chi connectivity index (χ0) is 25.9. The molecule has 1 atom stereocenters. The molecule has 1 aromatic carbocycles. The Morgan fingerprint density at radius 1 is 1.16 bits per heavy atom. The van der Waals surface area contributed by atoms with Crippen LogP contribution >= 0.6 is 0 Å². The molecule has 4 heterocycles. The van der Waals surface area contributed by atoms with Gasteiger partial charge < -0.3 is 29.7 Å². The van der Waals surface area contributed by atoms with Crippen LogP contribution in [0.15, 0.2) is 47.4 Å². The van der Waals surface area contributed by atoms with E-state index in [1.807, 2.05) is 37.3 Å². The van der Waals surface area contributed by atoms with Crippen molar-refractivity contribution in [3.8, 4) is 11.4 Å². The van der Waals surface area contributed by atoms with Gasteiger partial charge in [-0.05, 0) is 50.6 Å². The number of nitrogens with zero attached hydrogens (tertiary/aromatic N) is 5. The number of amides is 2. The van der Waals surface area contributed by atoms with Gasteiger partial charge in [-0.25, -0.2) is 14.8 Å². The number of hydrogen-bond donors (Lipinski definition) is 2. The van der Waals surface area contributed by atoms with Crippen molar-refractivity contribution in [2.45, 2.75) is 32.9 Å². The monoisotopic (exact) mass is 503 g/mol. The summed E-state index contributed by atoms with van der Waals surface area (Å²) in [5.74, 6) is 1.60. The number of fused-ring (bicyclic) bond motifs is 1. The summed E-state index contributed by atoms with van der Waals surface area (Å²) in [5.41, 5.74) is 4.57. The first kappa shape index (κ1) is 24.8. The van der Waals surface area contributed by atoms with Gasteiger partial charge in [-0.1, -0.05) is 0 Å². The van der Waals surface area contributed by atoms with Crippen LogP contribution in [0.25, 0.3) is 11.4 Å². The Morgan fingerprint density at radius 2 is 1.97 bits per heavy atom. The number of aromatic nitrogens is 3. The number of nitrogens with one attached hydrogen (secondary N) is 2. The fourth-order valence-electron chi connectivity index (χ4n) is 4.81. The van der Waals surface area contributed by atoms with Crippen LogP contribution in [0.2, 0.25) is 0 Å². The lowest BCUT2D eigenvalue weighted by Gasteiger charge is -2.38. The third kappa shape index (κ3) is 5.29. The lowest BCUT2D eigenvalue weighted by Crippen LogP contribution is -2.45. The number of benzene rings is 1. The standard InChI is InChI=1S/C27H33N7O3/c1-4-28-27(36)29-20-7-5-19(6-8-20)25-30-23-16-33(21-9-11-32(3)24(35)15-21)12-10-22(23)26(31-25)34-13-14-37-17-18(34)2/h5-9,11,15,18H,4,10,12-14,16-17H2,1-3H3,(H2,28,29,36). The predicted octanol–water partition coefficient (Wildman–Crippen LogP) is 2.77. The summed E-state index contributed by atoms with van der Waals surface area (Å²) in [4.78, 5) is 38.7. The highest BCUT2D eigenvalue weighted by atomic mass is 16.5. The molecule has 0 radical (unpaired) electrons. The van der Waals surface area contributed by atoms with Crippen molar-refractivity contribution < 1.29 is 9.53 Å². The van der Waals surface area contributed by atoms with Crippen LogP contribution < -0.4 is 26.0 Å². The van der Waals surface area contributed by atoms with Gasteiger partial charge in [-0.15, -0.1) is 0 Å². The molecule has 0 spiro atoms. The van der Waals surface area contributed by atoms with Gasteiger partial charge in [-0.2, -0.15) is 0 Å². The van der Waals surface area contributed by atoms with E-state index >= 15 is 0 Å². The molecule has 37 heavy (non-hydrogen) atoms. The number of morpholine rings is 1. The normalized spacial score (nSPS) is 17.3. The molecule has 1 unspecified atom stereocenters. The molecule has 10 nitrogen and oxygen atoms in total. The molecule has 10 heteroatoms. The fourth-order valence-corrected chi connectivity index (χ4v) is 4.81. The Balaban J connectivity index is 1.50. The molecule has 2 amide bonds. The van der Waals surface area contributed by atoms with Gasteiger partial charge in [0.25, 0.3) is 5.56 Å². The van der Waals surface area contributed by atoms with Crippen molar-refractivity contribution in [2.75, 3.05) is 48.0 Å². The summed E-state index contributed by atoms with van der Waals surface area (Å²) in [7, 11) is 1.75. The van der Waals surface area contributed by atoms with Gasteiger partial charge in [0, 0.05) is 61.4 Å². The summed E-state index contributed by atoms with van der Waals surface area (Å²) in [6.07, 6.45) is 2.59. The Hall–Kier alpha value is -3.92. The van der Waals surface area contributed by atoms with Gasteiger partial charge in [0.2, 0.25) is 0 Å². The SMILES string of the molecule is CCNC(=O)Nc1ccc(-c2nc3c(c(N4CCOCC4C)n2)CCN(c2ccn(C)c(=O)c2)C3)cc1. The van der Waals surface area contributed by atoms with Crippen molar-refractivity contribution in [3.63, 3.8) is 0 Å². The maximum atomic E-state index is 12.3. The van der Waals surface area contributed by atoms with Crippen molar-refractivity contribution in [1.82, 2.24) is 19.9 Å². The van der Waals surface area contributed by atoms with Crippen LogP contribution in [0.5, 0.6) is 0 Å². The van der Waals surface area contributed by atoms with E-state index in [-0.39, 0.29) is 17.6 Å². The van der Waals surface area contributed by atoms with E-state index in [9.17, 15) is 9.59 Å². The first-order valence-corrected chi connectivity index (χ1v) is 12.7. The first-order chi connectivity index (χ1) is 17.9. The Morgan fingerprint density at radius 3 is 2.70 bits per heavy atom. The minimum atomic E-state index is -0.236. The zero-order valence-electron chi connectivity index (χ0n) is 21.5. The molecular formula is C27H33N7O3. The van der Waals surface area contributed by atoms with E-state index in [0.717, 1.165) is 47.8 Å². The van der Waals surface area contributed by atoms with Crippen LogP contribution in [-0.4, -0.2) is 59.5 Å². The maximum Gasteiger partial charge on any atom is 0.319 e. The number of urea groups is 1. The van der Waals surface area contributed by atoms with E-state index in [4.69, 9.17) is 14.7 Å². The van der Waals surface area contributed by atoms with Crippen molar-refractivity contribution in [1.29, 1.82) is 0 Å². The second-order valence-corrected chi connectivity index (χ2v) is 9.48. The Kier molecular flexibility index (Phi) is 7.09. The van der Waals surface area contributed by atoms with Crippen LogP contribution in [-0.2, 0) is 24.8 Å². The van der Waals surface area contributed by atoms with Crippen molar-refractivity contribution >= 4 is 23.2 Å². The largest absolute Gasteiger partial charge is 0.377 e. The third-order valence-corrected chi connectivity index (χ3v) is 6.87. The number of aryl methyl sites for hydroxylation is 1. The molecule has 2 aromatic heterocycles. The number of ether oxygens (including phenoxy) is 1. The van der Waals surface area contributed by atoms with Crippen LogP contribution in [0, 0.1) is 0 Å². The maximum absolute atomic E-state index is 12.3. The summed E-state index contributed by atoms with van der Waals surface area (Å²) >= 11 is 0. The number of anilines is 3. The molecule has 194 valence electrons.